The van der Waals surface area contributed by atoms with Gasteiger partial charge in [0, 0.05) is 12.6 Å². The number of aryl methyl sites for hydroxylation is 1. The normalized spacial score (nSPS) is 16.3. The van der Waals surface area contributed by atoms with Crippen molar-refractivity contribution in [1.82, 2.24) is 4.98 Å². The van der Waals surface area contributed by atoms with E-state index in [1.807, 2.05) is 0 Å². The first kappa shape index (κ1) is 10.1. The van der Waals surface area contributed by atoms with Crippen molar-refractivity contribution in [2.75, 3.05) is 0 Å². The summed E-state index contributed by atoms with van der Waals surface area (Å²) < 4.78 is 37.7. The van der Waals surface area contributed by atoms with Gasteiger partial charge in [-0.15, -0.1) is 0 Å². The number of rotatable bonds is 0. The van der Waals surface area contributed by atoms with Crippen molar-refractivity contribution in [1.29, 1.82) is 0 Å². The minimum atomic E-state index is -4.47. The Hall–Kier alpha value is -1.39. The Morgan fingerprint density at radius 1 is 1.27 bits per heavy atom. The fourth-order valence-electron chi connectivity index (χ4n) is 1.78. The molecular formula is C10H8F3NO. The van der Waals surface area contributed by atoms with Gasteiger partial charge < -0.3 is 0 Å². The maximum Gasteiger partial charge on any atom is 0.417 e. The van der Waals surface area contributed by atoms with Crippen molar-refractivity contribution < 1.29 is 18.0 Å². The molecule has 0 aromatic carbocycles. The van der Waals surface area contributed by atoms with E-state index in [-0.39, 0.29) is 17.7 Å². The number of carbonyl (C=O) groups is 1. The van der Waals surface area contributed by atoms with Crippen LogP contribution in [0.25, 0.3) is 0 Å². The molecule has 1 heterocycles. The number of carbonyl (C=O) groups excluding carboxylic acids is 1. The van der Waals surface area contributed by atoms with Gasteiger partial charge in [0.05, 0.1) is 16.8 Å². The summed E-state index contributed by atoms with van der Waals surface area (Å²) in [5.41, 5.74) is -0.797. The SMILES string of the molecule is O=C1CCCc2nccc(C(F)(F)F)c21. The lowest BCUT2D eigenvalue weighted by Crippen LogP contribution is -2.20. The predicted molar refractivity (Wildman–Crippen MR) is 46.5 cm³/mol. The van der Waals surface area contributed by atoms with Gasteiger partial charge in [-0.25, -0.2) is 0 Å². The summed E-state index contributed by atoms with van der Waals surface area (Å²) in [6.07, 6.45) is -2.15. The Morgan fingerprint density at radius 2 is 2.00 bits per heavy atom. The first-order valence-corrected chi connectivity index (χ1v) is 4.58. The Balaban J connectivity index is 2.62. The first-order chi connectivity index (χ1) is 7.00. The van der Waals surface area contributed by atoms with Crippen LogP contribution >= 0.6 is 0 Å². The zero-order chi connectivity index (χ0) is 11.1. The summed E-state index contributed by atoms with van der Waals surface area (Å²) in [5.74, 6) is -0.448. The summed E-state index contributed by atoms with van der Waals surface area (Å²) in [7, 11) is 0. The minimum absolute atomic E-state index is 0.182. The summed E-state index contributed by atoms with van der Waals surface area (Å²) in [4.78, 5) is 15.2. The maximum absolute atomic E-state index is 12.6. The molecule has 0 spiro atoms. The van der Waals surface area contributed by atoms with E-state index in [1.54, 1.807) is 0 Å². The van der Waals surface area contributed by atoms with Crippen LogP contribution in [0.4, 0.5) is 13.2 Å². The molecule has 0 radical (unpaired) electrons. The molecule has 2 nitrogen and oxygen atoms in total. The molecule has 0 bridgehead atoms. The molecule has 5 heteroatoms. The number of Topliss-reactive ketones (excluding diaryl/α,β-unsaturated/α-hetero) is 1. The third kappa shape index (κ3) is 1.73. The van der Waals surface area contributed by atoms with Gasteiger partial charge in [-0.05, 0) is 18.9 Å². The molecule has 1 aliphatic rings. The van der Waals surface area contributed by atoms with Gasteiger partial charge in [0.1, 0.15) is 0 Å². The Labute approximate surface area is 84.1 Å². The van der Waals surface area contributed by atoms with Crippen LogP contribution in [0.2, 0.25) is 0 Å². The lowest BCUT2D eigenvalue weighted by Gasteiger charge is -2.18. The van der Waals surface area contributed by atoms with Crippen LogP contribution in [-0.4, -0.2) is 10.8 Å². The van der Waals surface area contributed by atoms with Gasteiger partial charge in [-0.2, -0.15) is 13.2 Å². The van der Waals surface area contributed by atoms with Gasteiger partial charge in [-0.1, -0.05) is 0 Å². The van der Waals surface area contributed by atoms with E-state index in [0.717, 1.165) is 12.3 Å². The average Bonchev–Trinajstić information content (AvgIpc) is 2.16. The van der Waals surface area contributed by atoms with Crippen molar-refractivity contribution in [3.63, 3.8) is 0 Å². The van der Waals surface area contributed by atoms with Crippen molar-refractivity contribution in [2.24, 2.45) is 0 Å². The Bertz CT molecular complexity index is 412. The highest BCUT2D eigenvalue weighted by Gasteiger charge is 2.37. The van der Waals surface area contributed by atoms with Crippen LogP contribution in [0.3, 0.4) is 0 Å². The van der Waals surface area contributed by atoms with E-state index in [0.29, 0.717) is 12.8 Å². The van der Waals surface area contributed by atoms with Gasteiger partial charge in [0.2, 0.25) is 0 Å². The molecule has 2 rings (SSSR count). The van der Waals surface area contributed by atoms with Crippen LogP contribution in [0, 0.1) is 0 Å². The number of hydrogen-bond acceptors (Lipinski definition) is 2. The molecule has 0 saturated heterocycles. The number of fused-ring (bicyclic) bond motifs is 1. The third-order valence-electron chi connectivity index (χ3n) is 2.43. The number of hydrogen-bond donors (Lipinski definition) is 0. The Kier molecular flexibility index (Phi) is 2.25. The number of pyridine rings is 1. The predicted octanol–water partition coefficient (Wildman–Crippen LogP) is 2.62. The number of halogens is 3. The standard InChI is InChI=1S/C10H8F3NO/c11-10(12,13)6-4-5-14-7-2-1-3-8(15)9(6)7/h4-5H,1-3H2. The minimum Gasteiger partial charge on any atom is -0.294 e. The van der Waals surface area contributed by atoms with Crippen LogP contribution in [0.15, 0.2) is 12.3 Å². The largest absolute Gasteiger partial charge is 0.417 e. The smallest absolute Gasteiger partial charge is 0.294 e. The highest BCUT2D eigenvalue weighted by atomic mass is 19.4. The highest BCUT2D eigenvalue weighted by Crippen LogP contribution is 2.35. The molecule has 1 aliphatic carbocycles. The topological polar surface area (TPSA) is 30.0 Å². The van der Waals surface area contributed by atoms with Crippen molar-refractivity contribution in [2.45, 2.75) is 25.4 Å². The molecule has 15 heavy (non-hydrogen) atoms. The molecule has 0 N–H and O–H groups in total. The third-order valence-corrected chi connectivity index (χ3v) is 2.43. The van der Waals surface area contributed by atoms with Crippen LogP contribution in [0.1, 0.15) is 34.5 Å². The van der Waals surface area contributed by atoms with Crippen LogP contribution in [0.5, 0.6) is 0 Å². The molecule has 0 atom stereocenters. The highest BCUT2D eigenvalue weighted by molar-refractivity contribution is 5.99. The number of ketones is 1. The molecule has 0 unspecified atom stereocenters. The fourth-order valence-corrected chi connectivity index (χ4v) is 1.78. The fraction of sp³-hybridized carbons (Fsp3) is 0.400. The molecule has 1 aromatic rings. The van der Waals surface area contributed by atoms with E-state index in [9.17, 15) is 18.0 Å². The van der Waals surface area contributed by atoms with Crippen molar-refractivity contribution >= 4 is 5.78 Å². The van der Waals surface area contributed by atoms with E-state index >= 15 is 0 Å². The molecule has 80 valence electrons. The van der Waals surface area contributed by atoms with Gasteiger partial charge in [-0.3, -0.25) is 9.78 Å². The number of nitrogens with zero attached hydrogens (tertiary/aromatic N) is 1. The second-order valence-electron chi connectivity index (χ2n) is 3.45. The van der Waals surface area contributed by atoms with Crippen LogP contribution in [-0.2, 0) is 12.6 Å². The molecule has 0 fully saturated rings. The molecule has 0 amide bonds. The molecule has 1 aromatic heterocycles. The summed E-state index contributed by atoms with van der Waals surface area (Å²) in [5, 5.41) is 0. The summed E-state index contributed by atoms with van der Waals surface area (Å²) in [6.45, 7) is 0. The van der Waals surface area contributed by atoms with Crippen LogP contribution < -0.4 is 0 Å². The van der Waals surface area contributed by atoms with Gasteiger partial charge in [0.15, 0.2) is 5.78 Å². The zero-order valence-electron chi connectivity index (χ0n) is 7.77. The van der Waals surface area contributed by atoms with E-state index < -0.39 is 17.5 Å². The number of alkyl halides is 3. The molecular weight excluding hydrogens is 207 g/mol. The average molecular weight is 215 g/mol. The summed E-state index contributed by atoms with van der Waals surface area (Å²) in [6, 6.07) is 0.863. The monoisotopic (exact) mass is 215 g/mol. The second kappa shape index (κ2) is 3.32. The van der Waals surface area contributed by atoms with Gasteiger partial charge in [0.25, 0.3) is 0 Å². The molecule has 0 saturated carbocycles. The second-order valence-corrected chi connectivity index (χ2v) is 3.45. The first-order valence-electron chi connectivity index (χ1n) is 4.58. The van der Waals surface area contributed by atoms with E-state index in [1.165, 1.54) is 0 Å². The van der Waals surface area contributed by atoms with E-state index in [2.05, 4.69) is 4.98 Å². The lowest BCUT2D eigenvalue weighted by molar-refractivity contribution is -0.138. The zero-order valence-corrected chi connectivity index (χ0v) is 7.77. The summed E-state index contributed by atoms with van der Waals surface area (Å²) >= 11 is 0. The molecule has 0 aliphatic heterocycles. The number of aromatic nitrogens is 1. The van der Waals surface area contributed by atoms with Crippen molar-refractivity contribution in [3.05, 3.63) is 29.1 Å². The Morgan fingerprint density at radius 3 is 2.67 bits per heavy atom. The maximum atomic E-state index is 12.6. The van der Waals surface area contributed by atoms with Crippen molar-refractivity contribution in [3.8, 4) is 0 Å². The lowest BCUT2D eigenvalue weighted by atomic mass is 9.91. The quantitative estimate of drug-likeness (QED) is 0.665. The van der Waals surface area contributed by atoms with E-state index in [4.69, 9.17) is 0 Å². The van der Waals surface area contributed by atoms with Gasteiger partial charge >= 0.3 is 6.18 Å².